The van der Waals surface area contributed by atoms with Gasteiger partial charge in [0.15, 0.2) is 0 Å². The van der Waals surface area contributed by atoms with E-state index in [1.807, 2.05) is 53.7 Å². The minimum Gasteiger partial charge on any atom is -0.166 e. The van der Waals surface area contributed by atoms with E-state index in [9.17, 15) is 52.7 Å². The fourth-order valence-electron chi connectivity index (χ4n) is 6.65. The van der Waals surface area contributed by atoms with Crippen LogP contribution >= 0.6 is 7.92 Å². The molecule has 53 heavy (non-hydrogen) atoms. The van der Waals surface area contributed by atoms with Crippen LogP contribution in [0.1, 0.15) is 115 Å². The molecule has 0 saturated carbocycles. The first kappa shape index (κ1) is 40.4. The van der Waals surface area contributed by atoms with E-state index in [-0.39, 0.29) is 41.6 Å². The lowest BCUT2D eigenvalue weighted by atomic mass is 9.81. The Balaban J connectivity index is 2.06. The van der Waals surface area contributed by atoms with E-state index >= 15 is 0 Å². The molecule has 0 bridgehead atoms. The Bertz CT molecular complexity index is 1870. The second kappa shape index (κ2) is 14.1. The summed E-state index contributed by atoms with van der Waals surface area (Å²) in [5.41, 5.74) is -2.46. The van der Waals surface area contributed by atoms with Gasteiger partial charge in [0.1, 0.15) is 0 Å². The molecule has 0 spiro atoms. The van der Waals surface area contributed by atoms with Crippen LogP contribution in [0.5, 0.6) is 0 Å². The van der Waals surface area contributed by atoms with Gasteiger partial charge in [-0.25, -0.2) is 0 Å². The molecule has 0 radical (unpaired) electrons. The Kier molecular flexibility index (Phi) is 10.8. The monoisotopic (exact) mass is 774 g/mol. The Morgan fingerprint density at radius 1 is 0.491 bits per heavy atom. The molecule has 5 rings (SSSR count). The summed E-state index contributed by atoms with van der Waals surface area (Å²) in [6, 6.07) is 11.8. The summed E-state index contributed by atoms with van der Waals surface area (Å²) in [6.45, 7) is 11.6. The van der Waals surface area contributed by atoms with Gasteiger partial charge in [-0.2, -0.15) is 52.7 Å². The van der Waals surface area contributed by atoms with E-state index in [1.165, 1.54) is 0 Å². The van der Waals surface area contributed by atoms with Crippen molar-refractivity contribution < 1.29 is 52.7 Å². The number of halogens is 12. The lowest BCUT2D eigenvalue weighted by Crippen LogP contribution is -2.22. The third-order valence-corrected chi connectivity index (χ3v) is 11.8. The highest BCUT2D eigenvalue weighted by Gasteiger charge is 2.42. The van der Waals surface area contributed by atoms with Crippen molar-refractivity contribution >= 4 is 29.4 Å². The summed E-state index contributed by atoms with van der Waals surface area (Å²) < 4.78 is 172. The van der Waals surface area contributed by atoms with Crippen LogP contribution < -0.4 is 10.6 Å². The van der Waals surface area contributed by atoms with Crippen molar-refractivity contribution in [3.63, 3.8) is 0 Å². The van der Waals surface area contributed by atoms with E-state index in [4.69, 9.17) is 0 Å². The highest BCUT2D eigenvalue weighted by molar-refractivity contribution is 7.82. The third-order valence-electron chi connectivity index (χ3n) is 9.24. The molecular formula is C40H35F12P. The van der Waals surface area contributed by atoms with Crippen molar-refractivity contribution in [3.8, 4) is 0 Å². The second-order valence-electron chi connectivity index (χ2n) is 14.1. The van der Waals surface area contributed by atoms with Crippen LogP contribution in [0.15, 0.2) is 72.8 Å². The average Bonchev–Trinajstić information content (AvgIpc) is 3.41. The summed E-state index contributed by atoms with van der Waals surface area (Å²) in [4.78, 5) is 0. The number of rotatable bonds is 7. The average molecular weight is 775 g/mol. The molecule has 0 saturated heterocycles. The van der Waals surface area contributed by atoms with Crippen molar-refractivity contribution in [2.75, 3.05) is 0 Å². The van der Waals surface area contributed by atoms with Crippen molar-refractivity contribution in [2.24, 2.45) is 0 Å². The zero-order chi connectivity index (χ0) is 39.6. The minimum absolute atomic E-state index is 0.0576. The molecule has 0 fully saturated rings. The molecular weight excluding hydrogens is 739 g/mol. The van der Waals surface area contributed by atoms with Crippen LogP contribution in [-0.4, -0.2) is 0 Å². The Morgan fingerprint density at radius 3 is 1.21 bits per heavy atom. The van der Waals surface area contributed by atoms with Gasteiger partial charge in [0.05, 0.1) is 22.3 Å². The van der Waals surface area contributed by atoms with Gasteiger partial charge in [-0.3, -0.25) is 0 Å². The number of hydrogen-bond acceptors (Lipinski definition) is 0. The largest absolute Gasteiger partial charge is 0.416 e. The van der Waals surface area contributed by atoms with E-state index < -0.39 is 65.5 Å². The molecule has 0 amide bonds. The molecule has 13 heteroatoms. The van der Waals surface area contributed by atoms with Gasteiger partial charge in [-0.1, -0.05) is 77.9 Å². The molecule has 0 aliphatic heterocycles. The summed E-state index contributed by atoms with van der Waals surface area (Å²) in [5, 5.41) is -1.30. The molecule has 1 aliphatic carbocycles. The van der Waals surface area contributed by atoms with Crippen LogP contribution in [-0.2, 0) is 31.1 Å². The van der Waals surface area contributed by atoms with Crippen LogP contribution in [0.2, 0.25) is 0 Å². The van der Waals surface area contributed by atoms with Gasteiger partial charge in [-0.05, 0) is 123 Å². The van der Waals surface area contributed by atoms with Crippen molar-refractivity contribution in [1.82, 2.24) is 0 Å². The van der Waals surface area contributed by atoms with Gasteiger partial charge in [0.25, 0.3) is 0 Å². The Hall–Kier alpha value is -3.79. The number of fused-ring (bicyclic) bond motifs is 1. The summed E-state index contributed by atoms with van der Waals surface area (Å²) in [6.07, 6.45) is -21.3. The molecule has 1 aliphatic rings. The van der Waals surface area contributed by atoms with Gasteiger partial charge in [-0.15, -0.1) is 0 Å². The van der Waals surface area contributed by atoms with Crippen LogP contribution in [0.3, 0.4) is 0 Å². The molecule has 4 aromatic carbocycles. The Morgan fingerprint density at radius 2 is 0.868 bits per heavy atom. The maximum absolute atomic E-state index is 14.3. The fraction of sp³-hybridized carbons (Fsp3) is 0.350. The first-order valence-corrected chi connectivity index (χ1v) is 18.0. The maximum Gasteiger partial charge on any atom is 0.416 e. The summed E-state index contributed by atoms with van der Waals surface area (Å²) in [7, 11) is -2.96. The van der Waals surface area contributed by atoms with Gasteiger partial charge in [0, 0.05) is 0 Å². The zero-order valence-corrected chi connectivity index (χ0v) is 30.2. The van der Waals surface area contributed by atoms with Gasteiger partial charge >= 0.3 is 24.7 Å². The van der Waals surface area contributed by atoms with E-state index in [1.54, 1.807) is 24.3 Å². The van der Waals surface area contributed by atoms with Crippen molar-refractivity contribution in [3.05, 3.63) is 128 Å². The van der Waals surface area contributed by atoms with Crippen molar-refractivity contribution in [2.45, 2.75) is 90.4 Å². The molecule has 0 nitrogen and oxygen atoms in total. The SMILES string of the molecule is CC(C)c1cc(C(C)C)c(C2=C(P(c3cc(C(F)(F)F)cc(C(F)(F)F)c3)c3cc(C(F)(F)F)cc(C(F)(F)F)c3)c3ccccc3C2)c(C(C)C)c1. The molecule has 284 valence electrons. The van der Waals surface area contributed by atoms with Gasteiger partial charge in [0.2, 0.25) is 0 Å². The number of benzene rings is 4. The normalized spacial score (nSPS) is 14.4. The van der Waals surface area contributed by atoms with Crippen LogP contribution in [0.25, 0.3) is 10.9 Å². The predicted molar refractivity (Wildman–Crippen MR) is 185 cm³/mol. The Labute approximate surface area is 300 Å². The minimum atomic E-state index is -5.34. The molecule has 0 heterocycles. The standard InChI is InChI=1S/C40H35F12P/c1-20(2)24-12-32(21(3)4)35(33(13-24)22(5)6)34-11-23-9-7-8-10-31(23)36(34)53(29-16-25(37(41,42)43)14-26(17-29)38(44,45)46)30-18-27(39(47,48)49)15-28(19-30)40(50,51)52/h7-10,12-22H,11H2,1-6H3. The van der Waals surface area contributed by atoms with Gasteiger partial charge < -0.3 is 0 Å². The van der Waals surface area contributed by atoms with E-state index in [0.717, 1.165) is 16.7 Å². The number of hydrogen-bond donors (Lipinski definition) is 0. The molecule has 0 unspecified atom stereocenters. The maximum atomic E-state index is 14.3. The zero-order valence-electron chi connectivity index (χ0n) is 29.4. The summed E-state index contributed by atoms with van der Waals surface area (Å²) >= 11 is 0. The predicted octanol–water partition coefficient (Wildman–Crippen LogP) is 13.7. The first-order valence-electron chi connectivity index (χ1n) is 16.7. The van der Waals surface area contributed by atoms with E-state index in [2.05, 4.69) is 0 Å². The summed E-state index contributed by atoms with van der Waals surface area (Å²) in [5.74, 6) is -0.302. The topological polar surface area (TPSA) is 0 Å². The molecule has 4 aromatic rings. The van der Waals surface area contributed by atoms with Crippen molar-refractivity contribution in [1.29, 1.82) is 0 Å². The molecule has 0 N–H and O–H groups in total. The highest BCUT2D eigenvalue weighted by Crippen LogP contribution is 2.59. The quantitative estimate of drug-likeness (QED) is 0.130. The van der Waals surface area contributed by atoms with Crippen LogP contribution in [0.4, 0.5) is 52.7 Å². The first-order chi connectivity index (χ1) is 24.3. The number of allylic oxidation sites excluding steroid dienone is 1. The molecule has 0 atom stereocenters. The highest BCUT2D eigenvalue weighted by atomic mass is 31.1. The number of alkyl halides is 12. The van der Waals surface area contributed by atoms with E-state index in [0.29, 0.717) is 46.5 Å². The smallest absolute Gasteiger partial charge is 0.166 e. The second-order valence-corrected chi connectivity index (χ2v) is 16.2. The van der Waals surface area contributed by atoms with Crippen LogP contribution in [0, 0.1) is 0 Å². The lowest BCUT2D eigenvalue weighted by Gasteiger charge is -2.29. The fourth-order valence-corrected chi connectivity index (χ4v) is 9.46. The molecule has 0 aromatic heterocycles. The third kappa shape index (κ3) is 8.32. The lowest BCUT2D eigenvalue weighted by molar-refractivity contribution is -0.144.